The van der Waals surface area contributed by atoms with Crippen LogP contribution in [0, 0.1) is 0 Å². The Morgan fingerprint density at radius 1 is 1.17 bits per heavy atom. The van der Waals surface area contributed by atoms with Gasteiger partial charge in [-0.05, 0) is 50.3 Å². The predicted octanol–water partition coefficient (Wildman–Crippen LogP) is 3.54. The van der Waals surface area contributed by atoms with Gasteiger partial charge in [-0.1, -0.05) is 42.5 Å². The molecule has 0 aliphatic carbocycles. The standard InChI is InChI=1S/C24H29N3OS/c1-18(14-15-19-9-3-2-4-10-19)25-23(28)17-27-16-8-7-12-21(27)24-26-20-11-5-6-13-22(20)29-24/h2-6,9-11,13,18,21H,7-8,12,14-17H2,1H3,(H,25,28)/p+1/t18-,21+/m0/s1. The summed E-state index contributed by atoms with van der Waals surface area (Å²) in [5.74, 6) is 0.161. The Balaban J connectivity index is 1.34. The maximum absolute atomic E-state index is 12.7. The van der Waals surface area contributed by atoms with Gasteiger partial charge in [-0.25, -0.2) is 4.98 Å². The number of hydrogen-bond acceptors (Lipinski definition) is 3. The fraction of sp³-hybridized carbons (Fsp3) is 0.417. The molecular weight excluding hydrogens is 378 g/mol. The van der Waals surface area contributed by atoms with Crippen LogP contribution in [0.4, 0.5) is 0 Å². The molecule has 4 rings (SSSR count). The first-order valence-corrected chi connectivity index (χ1v) is 11.5. The van der Waals surface area contributed by atoms with E-state index in [0.717, 1.165) is 31.3 Å². The molecule has 3 aromatic rings. The minimum absolute atomic E-state index is 0.161. The van der Waals surface area contributed by atoms with E-state index < -0.39 is 0 Å². The summed E-state index contributed by atoms with van der Waals surface area (Å²) in [5, 5.41) is 4.41. The molecule has 1 amide bonds. The van der Waals surface area contributed by atoms with E-state index >= 15 is 0 Å². The lowest BCUT2D eigenvalue weighted by Crippen LogP contribution is -3.14. The van der Waals surface area contributed by atoms with Crippen LogP contribution in [0.5, 0.6) is 0 Å². The molecule has 2 heterocycles. The normalized spacial score (nSPS) is 20.4. The molecule has 1 fully saturated rings. The van der Waals surface area contributed by atoms with Crippen LogP contribution in [-0.2, 0) is 11.2 Å². The Kier molecular flexibility index (Phi) is 6.57. The molecule has 2 aromatic carbocycles. The highest BCUT2D eigenvalue weighted by molar-refractivity contribution is 7.18. The number of benzene rings is 2. The van der Waals surface area contributed by atoms with Gasteiger partial charge < -0.3 is 10.2 Å². The number of piperidine rings is 1. The monoisotopic (exact) mass is 408 g/mol. The zero-order valence-corrected chi connectivity index (χ0v) is 17.9. The van der Waals surface area contributed by atoms with Gasteiger partial charge in [-0.3, -0.25) is 4.79 Å². The van der Waals surface area contributed by atoms with Gasteiger partial charge in [0.15, 0.2) is 11.6 Å². The van der Waals surface area contributed by atoms with E-state index in [1.54, 1.807) is 11.3 Å². The molecule has 29 heavy (non-hydrogen) atoms. The summed E-state index contributed by atoms with van der Waals surface area (Å²) in [4.78, 5) is 19.0. The zero-order valence-electron chi connectivity index (χ0n) is 17.1. The highest BCUT2D eigenvalue weighted by Crippen LogP contribution is 2.28. The van der Waals surface area contributed by atoms with Gasteiger partial charge in [0, 0.05) is 12.5 Å². The fourth-order valence-electron chi connectivity index (χ4n) is 4.26. The molecule has 4 nitrogen and oxygen atoms in total. The summed E-state index contributed by atoms with van der Waals surface area (Å²) in [5.41, 5.74) is 2.41. The Morgan fingerprint density at radius 2 is 1.97 bits per heavy atom. The van der Waals surface area contributed by atoms with Gasteiger partial charge in [0.1, 0.15) is 6.04 Å². The molecule has 152 valence electrons. The van der Waals surface area contributed by atoms with E-state index in [2.05, 4.69) is 54.7 Å². The van der Waals surface area contributed by atoms with Gasteiger partial charge in [-0.2, -0.15) is 0 Å². The first-order valence-electron chi connectivity index (χ1n) is 10.7. The van der Waals surface area contributed by atoms with Gasteiger partial charge in [0.05, 0.1) is 16.8 Å². The zero-order chi connectivity index (χ0) is 20.1. The number of hydrogen-bond donors (Lipinski definition) is 2. The number of para-hydroxylation sites is 1. The summed E-state index contributed by atoms with van der Waals surface area (Å²) in [6.45, 7) is 3.69. The highest BCUT2D eigenvalue weighted by Gasteiger charge is 2.32. The van der Waals surface area contributed by atoms with Gasteiger partial charge in [0.2, 0.25) is 0 Å². The predicted molar refractivity (Wildman–Crippen MR) is 119 cm³/mol. The van der Waals surface area contributed by atoms with Crippen molar-refractivity contribution in [3.8, 4) is 0 Å². The molecule has 1 aliphatic rings. The van der Waals surface area contributed by atoms with Gasteiger partial charge >= 0.3 is 0 Å². The Morgan fingerprint density at radius 3 is 2.79 bits per heavy atom. The van der Waals surface area contributed by atoms with Gasteiger partial charge in [0.25, 0.3) is 5.91 Å². The van der Waals surface area contributed by atoms with Crippen molar-refractivity contribution < 1.29 is 9.69 Å². The third kappa shape index (κ3) is 5.22. The van der Waals surface area contributed by atoms with Crippen LogP contribution in [0.2, 0.25) is 0 Å². The summed E-state index contributed by atoms with van der Waals surface area (Å²) in [6.07, 6.45) is 5.48. The minimum atomic E-state index is 0.161. The van der Waals surface area contributed by atoms with E-state index in [-0.39, 0.29) is 11.9 Å². The topological polar surface area (TPSA) is 46.4 Å². The molecule has 1 saturated heterocycles. The molecule has 5 heteroatoms. The molecule has 2 N–H and O–H groups in total. The van der Waals surface area contributed by atoms with Crippen molar-refractivity contribution in [2.45, 2.75) is 51.1 Å². The Labute approximate surface area is 177 Å². The number of amides is 1. The molecular formula is C24H30N3OS+. The number of nitrogens with zero attached hydrogens (tertiary/aromatic N) is 1. The lowest BCUT2D eigenvalue weighted by Gasteiger charge is -2.31. The average Bonchev–Trinajstić information content (AvgIpc) is 3.17. The highest BCUT2D eigenvalue weighted by atomic mass is 32.1. The lowest BCUT2D eigenvalue weighted by atomic mass is 10.0. The van der Waals surface area contributed by atoms with Crippen molar-refractivity contribution in [1.29, 1.82) is 0 Å². The van der Waals surface area contributed by atoms with Crippen molar-refractivity contribution in [3.63, 3.8) is 0 Å². The van der Waals surface area contributed by atoms with E-state index in [4.69, 9.17) is 4.98 Å². The molecule has 0 bridgehead atoms. The molecule has 1 unspecified atom stereocenters. The van der Waals surface area contributed by atoms with Crippen molar-refractivity contribution in [3.05, 3.63) is 65.2 Å². The Bertz CT molecular complexity index is 906. The summed E-state index contributed by atoms with van der Waals surface area (Å²) in [6, 6.07) is 19.3. The number of quaternary nitrogens is 1. The number of carbonyl (C=O) groups excluding carboxylic acids is 1. The number of nitrogens with one attached hydrogen (secondary N) is 2. The molecule has 0 spiro atoms. The van der Waals surface area contributed by atoms with Crippen LogP contribution >= 0.6 is 11.3 Å². The first kappa shape index (κ1) is 20.0. The van der Waals surface area contributed by atoms with Crippen molar-refractivity contribution in [2.24, 2.45) is 0 Å². The first-order chi connectivity index (χ1) is 14.2. The molecule has 1 aliphatic heterocycles. The maximum atomic E-state index is 12.7. The SMILES string of the molecule is C[C@@H](CCc1ccccc1)NC(=O)C[NH+]1CCCC[C@@H]1c1nc2ccccc2s1. The van der Waals surface area contributed by atoms with E-state index in [0.29, 0.717) is 12.6 Å². The third-order valence-electron chi connectivity index (χ3n) is 5.85. The Hall–Kier alpha value is -2.24. The number of rotatable bonds is 7. The quantitative estimate of drug-likeness (QED) is 0.628. The average molecular weight is 409 g/mol. The summed E-state index contributed by atoms with van der Waals surface area (Å²) >= 11 is 1.79. The largest absolute Gasteiger partial charge is 0.349 e. The van der Waals surface area contributed by atoms with Crippen LogP contribution < -0.4 is 10.2 Å². The molecule has 0 saturated carbocycles. The number of aromatic nitrogens is 1. The maximum Gasteiger partial charge on any atom is 0.275 e. The second-order valence-corrected chi connectivity index (χ2v) is 9.21. The van der Waals surface area contributed by atoms with Crippen molar-refractivity contribution in [1.82, 2.24) is 10.3 Å². The van der Waals surface area contributed by atoms with Crippen LogP contribution in [-0.4, -0.2) is 30.0 Å². The van der Waals surface area contributed by atoms with E-state index in [9.17, 15) is 4.79 Å². The molecule has 3 atom stereocenters. The number of likely N-dealkylation sites (tertiary alicyclic amines) is 1. The summed E-state index contributed by atoms with van der Waals surface area (Å²) < 4.78 is 1.24. The lowest BCUT2D eigenvalue weighted by molar-refractivity contribution is -0.929. The van der Waals surface area contributed by atoms with E-state index in [1.165, 1.54) is 33.0 Å². The number of fused-ring (bicyclic) bond motifs is 1. The smallest absolute Gasteiger partial charge is 0.275 e. The fourth-order valence-corrected chi connectivity index (χ4v) is 5.42. The van der Waals surface area contributed by atoms with Crippen molar-refractivity contribution in [2.75, 3.05) is 13.1 Å². The molecule has 0 radical (unpaired) electrons. The van der Waals surface area contributed by atoms with Crippen LogP contribution in [0.15, 0.2) is 54.6 Å². The van der Waals surface area contributed by atoms with Crippen LogP contribution in [0.25, 0.3) is 10.2 Å². The number of carbonyl (C=O) groups is 1. The van der Waals surface area contributed by atoms with E-state index in [1.807, 2.05) is 12.1 Å². The minimum Gasteiger partial charge on any atom is -0.349 e. The molecule has 1 aromatic heterocycles. The second kappa shape index (κ2) is 9.51. The van der Waals surface area contributed by atoms with Crippen molar-refractivity contribution >= 4 is 27.5 Å². The number of aryl methyl sites for hydroxylation is 1. The second-order valence-electron chi connectivity index (χ2n) is 8.15. The number of thiazole rings is 1. The summed E-state index contributed by atoms with van der Waals surface area (Å²) in [7, 11) is 0. The van der Waals surface area contributed by atoms with Crippen LogP contribution in [0.1, 0.15) is 49.2 Å². The third-order valence-corrected chi connectivity index (χ3v) is 7.00. The van der Waals surface area contributed by atoms with Gasteiger partial charge in [-0.15, -0.1) is 11.3 Å². The van der Waals surface area contributed by atoms with Crippen LogP contribution in [0.3, 0.4) is 0 Å².